The standard InChI is InChI=1S/C17H28N4O2/c1-2-3-14-12-16(20-19-14)17(22)18-13-4-8-21(9-5-13)15-6-10-23-11-7-15/h12-13,15H,2-11H2,1H3,(H,18,22)(H,19,20). The summed E-state index contributed by atoms with van der Waals surface area (Å²) in [5.74, 6) is -0.0480. The van der Waals surface area contributed by atoms with Crippen LogP contribution in [0, 0.1) is 0 Å². The van der Waals surface area contributed by atoms with E-state index < -0.39 is 0 Å². The number of rotatable bonds is 5. The number of aryl methyl sites for hydroxylation is 1. The fourth-order valence-corrected chi connectivity index (χ4v) is 3.59. The van der Waals surface area contributed by atoms with Gasteiger partial charge in [-0.15, -0.1) is 0 Å². The van der Waals surface area contributed by atoms with Crippen LogP contribution in [0.1, 0.15) is 55.2 Å². The number of carbonyl (C=O) groups excluding carboxylic acids is 1. The molecule has 3 heterocycles. The fraction of sp³-hybridized carbons (Fsp3) is 0.765. The monoisotopic (exact) mass is 320 g/mol. The molecule has 0 bridgehead atoms. The molecule has 2 fully saturated rings. The second kappa shape index (κ2) is 7.93. The number of ether oxygens (including phenoxy) is 1. The Morgan fingerprint density at radius 3 is 2.78 bits per heavy atom. The summed E-state index contributed by atoms with van der Waals surface area (Å²) in [7, 11) is 0. The Hall–Kier alpha value is -1.40. The molecule has 0 unspecified atom stereocenters. The molecule has 0 atom stereocenters. The number of aromatic nitrogens is 2. The fourth-order valence-electron chi connectivity index (χ4n) is 3.59. The number of H-pyrrole nitrogens is 1. The highest BCUT2D eigenvalue weighted by atomic mass is 16.5. The number of likely N-dealkylation sites (tertiary alicyclic amines) is 1. The van der Waals surface area contributed by atoms with Crippen LogP contribution in [0.3, 0.4) is 0 Å². The van der Waals surface area contributed by atoms with Crippen molar-refractivity contribution in [1.29, 1.82) is 0 Å². The van der Waals surface area contributed by atoms with Gasteiger partial charge < -0.3 is 15.0 Å². The number of aromatic amines is 1. The highest BCUT2D eigenvalue weighted by Gasteiger charge is 2.27. The third-order valence-electron chi connectivity index (χ3n) is 4.95. The largest absolute Gasteiger partial charge is 0.381 e. The number of nitrogens with one attached hydrogen (secondary N) is 2. The molecule has 128 valence electrons. The first-order valence-corrected chi connectivity index (χ1v) is 8.93. The summed E-state index contributed by atoms with van der Waals surface area (Å²) in [6.45, 7) is 6.03. The van der Waals surface area contributed by atoms with Crippen LogP contribution >= 0.6 is 0 Å². The Kier molecular flexibility index (Phi) is 5.67. The average Bonchev–Trinajstić information content (AvgIpc) is 3.06. The number of carbonyl (C=O) groups is 1. The lowest BCUT2D eigenvalue weighted by Crippen LogP contribution is -2.49. The Labute approximate surface area is 138 Å². The Balaban J connectivity index is 1.45. The van der Waals surface area contributed by atoms with Gasteiger partial charge in [0.2, 0.25) is 0 Å². The zero-order valence-corrected chi connectivity index (χ0v) is 14.0. The smallest absolute Gasteiger partial charge is 0.271 e. The first kappa shape index (κ1) is 16.5. The predicted octanol–water partition coefficient (Wildman–Crippen LogP) is 1.74. The second-order valence-electron chi connectivity index (χ2n) is 6.66. The van der Waals surface area contributed by atoms with E-state index in [4.69, 9.17) is 4.74 Å². The molecule has 23 heavy (non-hydrogen) atoms. The summed E-state index contributed by atoms with van der Waals surface area (Å²) >= 11 is 0. The lowest BCUT2D eigenvalue weighted by molar-refractivity contribution is 0.0238. The van der Waals surface area contributed by atoms with Gasteiger partial charge in [-0.05, 0) is 38.2 Å². The Morgan fingerprint density at radius 2 is 2.09 bits per heavy atom. The van der Waals surface area contributed by atoms with E-state index in [2.05, 4.69) is 27.3 Å². The third kappa shape index (κ3) is 4.32. The quantitative estimate of drug-likeness (QED) is 0.867. The molecule has 2 aliphatic rings. The second-order valence-corrected chi connectivity index (χ2v) is 6.66. The molecule has 1 amide bonds. The van der Waals surface area contributed by atoms with E-state index in [-0.39, 0.29) is 11.9 Å². The van der Waals surface area contributed by atoms with Gasteiger partial charge in [-0.25, -0.2) is 0 Å². The summed E-state index contributed by atoms with van der Waals surface area (Å²) in [6, 6.07) is 2.81. The van der Waals surface area contributed by atoms with Crippen molar-refractivity contribution < 1.29 is 9.53 Å². The highest BCUT2D eigenvalue weighted by molar-refractivity contribution is 5.92. The van der Waals surface area contributed by atoms with Gasteiger partial charge in [0.25, 0.3) is 5.91 Å². The molecule has 6 heteroatoms. The molecule has 1 aromatic heterocycles. The minimum atomic E-state index is -0.0480. The molecule has 3 rings (SSSR count). The van der Waals surface area contributed by atoms with E-state index in [0.29, 0.717) is 11.7 Å². The van der Waals surface area contributed by atoms with Crippen LogP contribution in [0.5, 0.6) is 0 Å². The predicted molar refractivity (Wildman–Crippen MR) is 88.5 cm³/mol. The van der Waals surface area contributed by atoms with Crippen LogP contribution < -0.4 is 5.32 Å². The molecule has 2 saturated heterocycles. The first-order valence-electron chi connectivity index (χ1n) is 8.93. The minimum absolute atomic E-state index is 0.0480. The third-order valence-corrected chi connectivity index (χ3v) is 4.95. The topological polar surface area (TPSA) is 70.2 Å². The highest BCUT2D eigenvalue weighted by Crippen LogP contribution is 2.20. The van der Waals surface area contributed by atoms with Gasteiger partial charge in [-0.1, -0.05) is 13.3 Å². The Bertz CT molecular complexity index is 502. The van der Waals surface area contributed by atoms with Crippen LogP contribution in [-0.2, 0) is 11.2 Å². The molecular formula is C17H28N4O2. The number of piperidine rings is 1. The van der Waals surface area contributed by atoms with Crippen molar-refractivity contribution in [3.05, 3.63) is 17.5 Å². The molecule has 0 aliphatic carbocycles. The summed E-state index contributed by atoms with van der Waals surface area (Å²) in [6.07, 6.45) is 6.32. The van der Waals surface area contributed by atoms with Crippen LogP contribution in [-0.4, -0.2) is 59.4 Å². The molecule has 2 N–H and O–H groups in total. The van der Waals surface area contributed by atoms with E-state index >= 15 is 0 Å². The van der Waals surface area contributed by atoms with Gasteiger partial charge in [0, 0.05) is 44.1 Å². The maximum atomic E-state index is 12.3. The van der Waals surface area contributed by atoms with E-state index in [1.165, 1.54) is 0 Å². The van der Waals surface area contributed by atoms with Crippen LogP contribution in [0.25, 0.3) is 0 Å². The molecular weight excluding hydrogens is 292 g/mol. The van der Waals surface area contributed by atoms with Crippen molar-refractivity contribution in [1.82, 2.24) is 20.4 Å². The number of hydrogen-bond acceptors (Lipinski definition) is 4. The van der Waals surface area contributed by atoms with Gasteiger partial charge in [-0.2, -0.15) is 5.10 Å². The number of amides is 1. The number of hydrogen-bond donors (Lipinski definition) is 2. The summed E-state index contributed by atoms with van der Waals surface area (Å²) in [5, 5.41) is 10.2. The van der Waals surface area contributed by atoms with Gasteiger partial charge in [0.05, 0.1) is 0 Å². The molecule has 6 nitrogen and oxygen atoms in total. The molecule has 0 aromatic carbocycles. The maximum absolute atomic E-state index is 12.3. The van der Waals surface area contributed by atoms with Crippen LogP contribution in [0.4, 0.5) is 0 Å². The van der Waals surface area contributed by atoms with Crippen molar-refractivity contribution in [2.24, 2.45) is 0 Å². The Morgan fingerprint density at radius 1 is 1.35 bits per heavy atom. The van der Waals surface area contributed by atoms with E-state index in [1.54, 1.807) is 0 Å². The van der Waals surface area contributed by atoms with Gasteiger partial charge in [0.1, 0.15) is 5.69 Å². The summed E-state index contributed by atoms with van der Waals surface area (Å²) in [5.41, 5.74) is 1.55. The minimum Gasteiger partial charge on any atom is -0.381 e. The molecule has 0 radical (unpaired) electrons. The van der Waals surface area contributed by atoms with Gasteiger partial charge in [-0.3, -0.25) is 9.89 Å². The first-order chi connectivity index (χ1) is 11.3. The molecule has 2 aliphatic heterocycles. The zero-order valence-electron chi connectivity index (χ0n) is 14.0. The molecule has 0 saturated carbocycles. The van der Waals surface area contributed by atoms with Crippen molar-refractivity contribution in [3.63, 3.8) is 0 Å². The van der Waals surface area contributed by atoms with Crippen molar-refractivity contribution in [2.45, 2.75) is 57.5 Å². The van der Waals surface area contributed by atoms with Crippen molar-refractivity contribution in [3.8, 4) is 0 Å². The summed E-state index contributed by atoms with van der Waals surface area (Å²) < 4.78 is 5.44. The lowest BCUT2D eigenvalue weighted by atomic mass is 9.99. The maximum Gasteiger partial charge on any atom is 0.271 e. The van der Waals surface area contributed by atoms with Crippen molar-refractivity contribution >= 4 is 5.91 Å². The van der Waals surface area contributed by atoms with Gasteiger partial charge in [0.15, 0.2) is 0 Å². The van der Waals surface area contributed by atoms with Crippen LogP contribution in [0.2, 0.25) is 0 Å². The SMILES string of the molecule is CCCc1cc(C(=O)NC2CCN(C3CCOCC3)CC2)n[nH]1. The van der Waals surface area contributed by atoms with Gasteiger partial charge >= 0.3 is 0 Å². The zero-order chi connectivity index (χ0) is 16.1. The van der Waals surface area contributed by atoms with E-state index in [9.17, 15) is 4.79 Å². The lowest BCUT2D eigenvalue weighted by Gasteiger charge is -2.39. The average molecular weight is 320 g/mol. The number of nitrogens with zero attached hydrogens (tertiary/aromatic N) is 2. The van der Waals surface area contributed by atoms with E-state index in [1.807, 2.05) is 6.07 Å². The van der Waals surface area contributed by atoms with Crippen LogP contribution in [0.15, 0.2) is 6.07 Å². The molecule has 1 aromatic rings. The van der Waals surface area contributed by atoms with E-state index in [0.717, 1.165) is 70.5 Å². The molecule has 0 spiro atoms. The van der Waals surface area contributed by atoms with Crippen molar-refractivity contribution in [2.75, 3.05) is 26.3 Å². The summed E-state index contributed by atoms with van der Waals surface area (Å²) in [4.78, 5) is 14.9. The normalized spacial score (nSPS) is 21.4.